The summed E-state index contributed by atoms with van der Waals surface area (Å²) in [5.74, 6) is -3.58. The standard InChI is InChI=1S/C11H12F3OSi/c12-9-4-3-8(10(13)11(9)14)7-16-6-2-1-5-15-16/h3-4H,1-2,5-7H2. The van der Waals surface area contributed by atoms with Crippen LogP contribution in [0.2, 0.25) is 6.04 Å². The summed E-state index contributed by atoms with van der Waals surface area (Å²) in [6.07, 6.45) is 2.12. The second kappa shape index (κ2) is 5.01. The largest absolute Gasteiger partial charge is 0.416 e. The maximum Gasteiger partial charge on any atom is 0.215 e. The number of benzene rings is 1. The number of hydrogen-bond donors (Lipinski definition) is 0. The average molecular weight is 245 g/mol. The van der Waals surface area contributed by atoms with Gasteiger partial charge in [0.05, 0.1) is 0 Å². The molecule has 1 radical (unpaired) electrons. The fourth-order valence-electron chi connectivity index (χ4n) is 1.77. The predicted octanol–water partition coefficient (Wildman–Crippen LogP) is 2.99. The summed E-state index contributed by atoms with van der Waals surface area (Å²) in [5.41, 5.74) is 0.231. The minimum atomic E-state index is -1.38. The van der Waals surface area contributed by atoms with Crippen LogP contribution < -0.4 is 0 Å². The lowest BCUT2D eigenvalue weighted by molar-refractivity contribution is 0.285. The van der Waals surface area contributed by atoms with E-state index in [-0.39, 0.29) is 5.56 Å². The van der Waals surface area contributed by atoms with Gasteiger partial charge in [-0.15, -0.1) is 0 Å². The van der Waals surface area contributed by atoms with E-state index in [1.54, 1.807) is 0 Å². The summed E-state index contributed by atoms with van der Waals surface area (Å²) < 4.78 is 44.6. The van der Waals surface area contributed by atoms with E-state index >= 15 is 0 Å². The quantitative estimate of drug-likeness (QED) is 0.575. The van der Waals surface area contributed by atoms with Crippen molar-refractivity contribution in [3.8, 4) is 0 Å². The summed E-state index contributed by atoms with van der Waals surface area (Å²) in [4.78, 5) is 0. The highest BCUT2D eigenvalue weighted by Crippen LogP contribution is 2.20. The van der Waals surface area contributed by atoms with Crippen LogP contribution in [0.15, 0.2) is 12.1 Å². The molecule has 5 heteroatoms. The van der Waals surface area contributed by atoms with Crippen molar-refractivity contribution < 1.29 is 17.6 Å². The SMILES string of the molecule is Fc1ccc(C[Si]2CCCCO2)c(F)c1F. The Hall–Kier alpha value is -0.813. The molecular weight excluding hydrogens is 233 g/mol. The second-order valence-electron chi connectivity index (χ2n) is 3.86. The molecular formula is C11H12F3OSi. The first-order valence-electron chi connectivity index (χ1n) is 5.28. The first-order chi connectivity index (χ1) is 7.68. The van der Waals surface area contributed by atoms with E-state index in [9.17, 15) is 13.2 Å². The highest BCUT2D eigenvalue weighted by Gasteiger charge is 2.21. The van der Waals surface area contributed by atoms with Gasteiger partial charge in [0.25, 0.3) is 0 Å². The molecule has 1 aliphatic rings. The number of rotatable bonds is 2. The summed E-state index contributed by atoms with van der Waals surface area (Å²) >= 11 is 0. The van der Waals surface area contributed by atoms with Gasteiger partial charge in [0, 0.05) is 6.61 Å². The minimum absolute atomic E-state index is 0.231. The normalized spacial score (nSPS) is 17.7. The van der Waals surface area contributed by atoms with E-state index in [2.05, 4.69) is 0 Å². The Balaban J connectivity index is 2.11. The van der Waals surface area contributed by atoms with Gasteiger partial charge in [0.2, 0.25) is 9.04 Å². The topological polar surface area (TPSA) is 9.23 Å². The first kappa shape index (κ1) is 11.7. The van der Waals surface area contributed by atoms with Crippen LogP contribution in [-0.4, -0.2) is 15.6 Å². The molecule has 0 bridgehead atoms. The molecule has 1 aromatic carbocycles. The van der Waals surface area contributed by atoms with E-state index in [0.29, 0.717) is 12.7 Å². The third kappa shape index (κ3) is 2.47. The van der Waals surface area contributed by atoms with Crippen molar-refractivity contribution in [3.05, 3.63) is 35.1 Å². The Morgan fingerprint density at radius 1 is 1.12 bits per heavy atom. The van der Waals surface area contributed by atoms with Gasteiger partial charge >= 0.3 is 0 Å². The van der Waals surface area contributed by atoms with Gasteiger partial charge < -0.3 is 4.43 Å². The van der Waals surface area contributed by atoms with Crippen LogP contribution >= 0.6 is 0 Å². The molecule has 0 spiro atoms. The highest BCUT2D eigenvalue weighted by atomic mass is 28.3. The molecule has 0 aliphatic carbocycles. The van der Waals surface area contributed by atoms with Crippen LogP contribution in [0.3, 0.4) is 0 Å². The average Bonchev–Trinajstić information content (AvgIpc) is 2.31. The predicted molar refractivity (Wildman–Crippen MR) is 55.8 cm³/mol. The van der Waals surface area contributed by atoms with Gasteiger partial charge in [-0.05, 0) is 30.1 Å². The van der Waals surface area contributed by atoms with Crippen molar-refractivity contribution in [2.45, 2.75) is 24.9 Å². The molecule has 0 unspecified atom stereocenters. The van der Waals surface area contributed by atoms with Crippen LogP contribution in [-0.2, 0) is 10.5 Å². The van der Waals surface area contributed by atoms with Crippen LogP contribution in [0.4, 0.5) is 13.2 Å². The van der Waals surface area contributed by atoms with Crippen molar-refractivity contribution in [1.82, 2.24) is 0 Å². The molecule has 2 rings (SSSR count). The van der Waals surface area contributed by atoms with Crippen LogP contribution in [0.5, 0.6) is 0 Å². The zero-order valence-corrected chi connectivity index (χ0v) is 9.73. The number of hydrogen-bond acceptors (Lipinski definition) is 1. The molecule has 1 saturated heterocycles. The third-order valence-corrected chi connectivity index (χ3v) is 4.96. The summed E-state index contributed by atoms with van der Waals surface area (Å²) in [6.45, 7) is 0.708. The Morgan fingerprint density at radius 2 is 1.94 bits per heavy atom. The lowest BCUT2D eigenvalue weighted by atomic mass is 10.2. The zero-order valence-electron chi connectivity index (χ0n) is 8.73. The Labute approximate surface area is 94.0 Å². The fraction of sp³-hybridized carbons (Fsp3) is 0.455. The van der Waals surface area contributed by atoms with E-state index < -0.39 is 26.5 Å². The molecule has 16 heavy (non-hydrogen) atoms. The molecule has 0 N–H and O–H groups in total. The fourth-order valence-corrected chi connectivity index (χ4v) is 3.97. The molecule has 0 amide bonds. The summed E-state index contributed by atoms with van der Waals surface area (Å²) in [5, 5.41) is 0. The van der Waals surface area contributed by atoms with Gasteiger partial charge in [-0.1, -0.05) is 12.5 Å². The zero-order chi connectivity index (χ0) is 11.5. The van der Waals surface area contributed by atoms with Crippen molar-refractivity contribution >= 4 is 9.04 Å². The highest BCUT2D eigenvalue weighted by molar-refractivity contribution is 6.51. The maximum absolute atomic E-state index is 13.4. The third-order valence-electron chi connectivity index (χ3n) is 2.66. The monoisotopic (exact) mass is 245 g/mol. The smallest absolute Gasteiger partial charge is 0.215 e. The van der Waals surface area contributed by atoms with Crippen molar-refractivity contribution in [3.63, 3.8) is 0 Å². The van der Waals surface area contributed by atoms with Gasteiger partial charge in [-0.3, -0.25) is 0 Å². The van der Waals surface area contributed by atoms with Crippen LogP contribution in [0, 0.1) is 17.5 Å². The summed E-state index contributed by atoms with van der Waals surface area (Å²) in [6, 6.07) is 3.64. The Morgan fingerprint density at radius 3 is 2.62 bits per heavy atom. The van der Waals surface area contributed by atoms with Crippen LogP contribution in [0.25, 0.3) is 0 Å². The maximum atomic E-state index is 13.4. The van der Waals surface area contributed by atoms with Gasteiger partial charge in [0.15, 0.2) is 17.5 Å². The Bertz CT molecular complexity index is 378. The molecule has 87 valence electrons. The van der Waals surface area contributed by atoms with Crippen molar-refractivity contribution in [2.24, 2.45) is 0 Å². The summed E-state index contributed by atoms with van der Waals surface area (Å²) in [7, 11) is -1.08. The van der Waals surface area contributed by atoms with Crippen molar-refractivity contribution in [2.75, 3.05) is 6.61 Å². The minimum Gasteiger partial charge on any atom is -0.416 e. The van der Waals surface area contributed by atoms with E-state index in [0.717, 1.165) is 25.0 Å². The molecule has 0 atom stereocenters. The second-order valence-corrected chi connectivity index (χ2v) is 6.08. The molecule has 1 heterocycles. The lowest BCUT2D eigenvalue weighted by Crippen LogP contribution is -2.26. The van der Waals surface area contributed by atoms with Gasteiger partial charge in [-0.2, -0.15) is 0 Å². The molecule has 1 fully saturated rings. The van der Waals surface area contributed by atoms with Gasteiger partial charge in [-0.25, -0.2) is 13.2 Å². The van der Waals surface area contributed by atoms with Gasteiger partial charge in [0.1, 0.15) is 0 Å². The van der Waals surface area contributed by atoms with Crippen molar-refractivity contribution in [1.29, 1.82) is 0 Å². The molecule has 1 aliphatic heterocycles. The molecule has 1 aromatic rings. The molecule has 0 aromatic heterocycles. The number of halogens is 3. The lowest BCUT2D eigenvalue weighted by Gasteiger charge is -2.20. The Kier molecular flexibility index (Phi) is 3.65. The van der Waals surface area contributed by atoms with E-state index in [4.69, 9.17) is 4.43 Å². The van der Waals surface area contributed by atoms with E-state index in [1.165, 1.54) is 6.07 Å². The molecule has 1 nitrogen and oxygen atoms in total. The molecule has 0 saturated carbocycles. The van der Waals surface area contributed by atoms with Crippen LogP contribution in [0.1, 0.15) is 18.4 Å². The van der Waals surface area contributed by atoms with E-state index in [1.807, 2.05) is 0 Å². The first-order valence-corrected chi connectivity index (χ1v) is 7.10.